The number of ether oxygens (including phenoxy) is 1. The van der Waals surface area contributed by atoms with Gasteiger partial charge in [0.2, 0.25) is 11.9 Å². The minimum Gasteiger partial charge on any atom is -0.495 e. The Kier molecular flexibility index (Phi) is 8.13. The lowest BCUT2D eigenvalue weighted by molar-refractivity contribution is -0.115. The van der Waals surface area contributed by atoms with Crippen molar-refractivity contribution in [2.45, 2.75) is 45.1 Å². The van der Waals surface area contributed by atoms with E-state index in [1.54, 1.807) is 13.3 Å². The van der Waals surface area contributed by atoms with Crippen molar-refractivity contribution in [3.05, 3.63) is 35.5 Å². The molecule has 2 aromatic rings. The molecular formula is C19H26ClN5O2. The van der Waals surface area contributed by atoms with Gasteiger partial charge in [-0.05, 0) is 25.0 Å². The summed E-state index contributed by atoms with van der Waals surface area (Å²) in [6.07, 6.45) is 7.78. The summed E-state index contributed by atoms with van der Waals surface area (Å²) in [5, 5.41) is 7.17. The van der Waals surface area contributed by atoms with Crippen molar-refractivity contribution in [1.29, 1.82) is 0 Å². The van der Waals surface area contributed by atoms with Gasteiger partial charge in [0.1, 0.15) is 10.8 Å². The first-order valence-electron chi connectivity index (χ1n) is 8.94. The number of benzene rings is 1. The maximum atomic E-state index is 9.22. The van der Waals surface area contributed by atoms with Gasteiger partial charge in [0.15, 0.2) is 5.82 Å². The second kappa shape index (κ2) is 10.6. The summed E-state index contributed by atoms with van der Waals surface area (Å²) in [6, 6.07) is 8.10. The van der Waals surface area contributed by atoms with Crippen LogP contribution < -0.4 is 21.1 Å². The van der Waals surface area contributed by atoms with Gasteiger partial charge in [0.05, 0.1) is 19.0 Å². The van der Waals surface area contributed by atoms with Crippen LogP contribution in [0.5, 0.6) is 5.75 Å². The predicted molar refractivity (Wildman–Crippen MR) is 109 cm³/mol. The van der Waals surface area contributed by atoms with Crippen molar-refractivity contribution in [1.82, 2.24) is 9.97 Å². The molecule has 1 heterocycles. The van der Waals surface area contributed by atoms with Crippen LogP contribution in [0, 0.1) is 0 Å². The molecule has 0 spiro atoms. The van der Waals surface area contributed by atoms with Gasteiger partial charge >= 0.3 is 0 Å². The number of primary amides is 1. The molecule has 3 rings (SSSR count). The molecule has 1 aliphatic rings. The third kappa shape index (κ3) is 6.94. The van der Waals surface area contributed by atoms with E-state index in [4.69, 9.17) is 16.3 Å². The Morgan fingerprint density at radius 1 is 1.26 bits per heavy atom. The van der Waals surface area contributed by atoms with E-state index in [0.29, 0.717) is 22.8 Å². The highest BCUT2D eigenvalue weighted by Gasteiger charge is 2.16. The van der Waals surface area contributed by atoms with E-state index >= 15 is 0 Å². The van der Waals surface area contributed by atoms with Crippen LogP contribution in [-0.2, 0) is 4.79 Å². The lowest BCUT2D eigenvalue weighted by Gasteiger charge is -2.23. The Labute approximate surface area is 164 Å². The highest BCUT2D eigenvalue weighted by Crippen LogP contribution is 2.28. The molecule has 0 saturated heterocycles. The number of nitrogens with zero attached hydrogens (tertiary/aromatic N) is 2. The summed E-state index contributed by atoms with van der Waals surface area (Å²) in [4.78, 5) is 18.0. The molecule has 1 aromatic heterocycles. The number of carbonyl (C=O) groups is 1. The summed E-state index contributed by atoms with van der Waals surface area (Å²) in [5.74, 6) is 1.59. The maximum Gasteiger partial charge on any atom is 0.229 e. The van der Waals surface area contributed by atoms with Crippen molar-refractivity contribution in [2.24, 2.45) is 5.73 Å². The van der Waals surface area contributed by atoms with Gasteiger partial charge < -0.3 is 21.1 Å². The van der Waals surface area contributed by atoms with Crippen LogP contribution in [0.25, 0.3) is 0 Å². The Hall–Kier alpha value is -2.54. The van der Waals surface area contributed by atoms with E-state index in [9.17, 15) is 4.79 Å². The molecule has 146 valence electrons. The SMILES string of the molecule is CC(N)=O.COc1ccccc1Nc1ncc(Cl)c(NC2CCCCC2)n1. The predicted octanol–water partition coefficient (Wildman–Crippen LogP) is 4.12. The van der Waals surface area contributed by atoms with E-state index in [1.807, 2.05) is 24.3 Å². The minimum atomic E-state index is -0.333. The van der Waals surface area contributed by atoms with Crippen molar-refractivity contribution in [2.75, 3.05) is 17.7 Å². The molecule has 27 heavy (non-hydrogen) atoms. The van der Waals surface area contributed by atoms with Gasteiger partial charge in [-0.2, -0.15) is 4.98 Å². The number of para-hydroxylation sites is 2. The number of nitrogens with two attached hydrogens (primary N) is 1. The fourth-order valence-corrected chi connectivity index (χ4v) is 2.98. The first-order valence-corrected chi connectivity index (χ1v) is 9.32. The number of methoxy groups -OCH3 is 1. The van der Waals surface area contributed by atoms with Crippen molar-refractivity contribution in [3.63, 3.8) is 0 Å². The quantitative estimate of drug-likeness (QED) is 0.708. The zero-order valence-corrected chi connectivity index (χ0v) is 16.4. The molecule has 0 radical (unpaired) electrons. The molecule has 1 aliphatic carbocycles. The zero-order valence-electron chi connectivity index (χ0n) is 15.7. The van der Waals surface area contributed by atoms with E-state index in [2.05, 4.69) is 26.3 Å². The average molecular weight is 392 g/mol. The largest absolute Gasteiger partial charge is 0.495 e. The first-order chi connectivity index (χ1) is 13.0. The van der Waals surface area contributed by atoms with Crippen molar-refractivity contribution in [3.8, 4) is 5.75 Å². The third-order valence-electron chi connectivity index (χ3n) is 4.04. The number of aromatic nitrogens is 2. The van der Waals surface area contributed by atoms with Gasteiger partial charge in [0.25, 0.3) is 0 Å². The molecule has 1 fully saturated rings. The molecule has 0 atom stereocenters. The molecule has 1 aromatic carbocycles. The second-order valence-electron chi connectivity index (χ2n) is 6.31. The molecule has 7 nitrogen and oxygen atoms in total. The molecule has 0 bridgehead atoms. The van der Waals surface area contributed by atoms with Crippen LogP contribution in [0.4, 0.5) is 17.5 Å². The van der Waals surface area contributed by atoms with Crippen LogP contribution in [0.2, 0.25) is 5.02 Å². The standard InChI is InChI=1S/C17H21ClN4O.C2H5NO/c1-23-15-10-6-5-9-14(15)21-17-19-11-13(18)16(22-17)20-12-7-3-2-4-8-12;1-2(3)4/h5-6,9-12H,2-4,7-8H2,1H3,(H2,19,20,21,22);1H3,(H2,3,4). The molecule has 1 saturated carbocycles. The van der Waals surface area contributed by atoms with Crippen LogP contribution in [0.1, 0.15) is 39.0 Å². The van der Waals surface area contributed by atoms with Crippen LogP contribution in [0.15, 0.2) is 30.5 Å². The molecule has 0 aliphatic heterocycles. The smallest absolute Gasteiger partial charge is 0.229 e. The fraction of sp³-hybridized carbons (Fsp3) is 0.421. The molecule has 0 unspecified atom stereocenters. The van der Waals surface area contributed by atoms with E-state index in [-0.39, 0.29) is 5.91 Å². The second-order valence-corrected chi connectivity index (χ2v) is 6.71. The minimum absolute atomic E-state index is 0.333. The molecular weight excluding hydrogens is 366 g/mol. The number of halogens is 1. The number of anilines is 3. The zero-order chi connectivity index (χ0) is 19.6. The van der Waals surface area contributed by atoms with Gasteiger partial charge in [0, 0.05) is 13.0 Å². The van der Waals surface area contributed by atoms with Crippen LogP contribution in [-0.4, -0.2) is 29.0 Å². The van der Waals surface area contributed by atoms with Crippen molar-refractivity contribution < 1.29 is 9.53 Å². The van der Waals surface area contributed by atoms with E-state index in [0.717, 1.165) is 24.3 Å². The summed E-state index contributed by atoms with van der Waals surface area (Å²) >= 11 is 6.24. The topological polar surface area (TPSA) is 102 Å². The van der Waals surface area contributed by atoms with E-state index < -0.39 is 0 Å². The number of carbonyl (C=O) groups excluding carboxylic acids is 1. The molecule has 4 N–H and O–H groups in total. The van der Waals surface area contributed by atoms with Crippen molar-refractivity contribution >= 4 is 35.0 Å². The Morgan fingerprint density at radius 3 is 2.59 bits per heavy atom. The fourth-order valence-electron chi connectivity index (χ4n) is 2.84. The lowest BCUT2D eigenvalue weighted by atomic mass is 9.95. The summed E-state index contributed by atoms with van der Waals surface area (Å²) in [7, 11) is 1.64. The normalized spacial score (nSPS) is 13.9. The maximum absolute atomic E-state index is 9.22. The Morgan fingerprint density at radius 2 is 1.93 bits per heavy atom. The summed E-state index contributed by atoms with van der Waals surface area (Å²) < 4.78 is 5.33. The Bertz CT molecular complexity index is 747. The number of nitrogens with one attached hydrogen (secondary N) is 2. The highest BCUT2D eigenvalue weighted by atomic mass is 35.5. The van der Waals surface area contributed by atoms with Gasteiger partial charge in [-0.15, -0.1) is 0 Å². The van der Waals surface area contributed by atoms with E-state index in [1.165, 1.54) is 26.2 Å². The number of amides is 1. The third-order valence-corrected chi connectivity index (χ3v) is 4.32. The number of rotatable bonds is 5. The summed E-state index contributed by atoms with van der Waals surface area (Å²) in [5.41, 5.74) is 5.29. The first kappa shape index (κ1) is 20.8. The number of hydrogen-bond acceptors (Lipinski definition) is 6. The van der Waals surface area contributed by atoms with Gasteiger partial charge in [-0.1, -0.05) is 43.0 Å². The van der Waals surface area contributed by atoms with Crippen LogP contribution >= 0.6 is 11.6 Å². The highest BCUT2D eigenvalue weighted by molar-refractivity contribution is 6.32. The molecule has 1 amide bonds. The molecule has 8 heteroatoms. The Balaban J connectivity index is 0.000000596. The monoisotopic (exact) mass is 391 g/mol. The lowest BCUT2D eigenvalue weighted by Crippen LogP contribution is -2.23. The van der Waals surface area contributed by atoms with Gasteiger partial charge in [-0.25, -0.2) is 4.98 Å². The number of hydrogen-bond donors (Lipinski definition) is 3. The van der Waals surface area contributed by atoms with Crippen LogP contribution in [0.3, 0.4) is 0 Å². The summed E-state index contributed by atoms with van der Waals surface area (Å²) in [6.45, 7) is 1.31. The van der Waals surface area contributed by atoms with Gasteiger partial charge in [-0.3, -0.25) is 4.79 Å². The average Bonchev–Trinajstić information content (AvgIpc) is 2.65.